The Morgan fingerprint density at radius 2 is 1.50 bits per heavy atom. The average molecular weight is 415 g/mol. The zero-order valence-corrected chi connectivity index (χ0v) is 17.8. The number of nitrogens with one attached hydrogen (secondary N) is 3. The number of rotatable bonds is 7. The summed E-state index contributed by atoms with van der Waals surface area (Å²) in [4.78, 5) is 39.8. The molecule has 9 nitrogen and oxygen atoms in total. The van der Waals surface area contributed by atoms with Gasteiger partial charge in [-0.2, -0.15) is 0 Å². The van der Waals surface area contributed by atoms with Crippen LogP contribution in [0.2, 0.25) is 0 Å². The van der Waals surface area contributed by atoms with Gasteiger partial charge < -0.3 is 20.7 Å². The second kappa shape index (κ2) is 9.10. The van der Waals surface area contributed by atoms with Crippen LogP contribution in [0.4, 0.5) is 5.69 Å². The Hall–Kier alpha value is -3.17. The minimum Gasteiger partial charge on any atom is -0.477 e. The van der Waals surface area contributed by atoms with Crippen molar-refractivity contribution >= 4 is 23.5 Å². The van der Waals surface area contributed by atoms with Crippen LogP contribution in [0, 0.1) is 6.92 Å². The van der Waals surface area contributed by atoms with Crippen LogP contribution in [0.1, 0.15) is 87.6 Å². The molecule has 0 aliphatic rings. The lowest BCUT2D eigenvalue weighted by molar-refractivity contribution is 0.0690. The molecule has 8 N–H and O–H groups in total. The number of para-hydroxylation sites is 1. The summed E-state index contributed by atoms with van der Waals surface area (Å²) in [5.41, 5.74) is 13.0. The van der Waals surface area contributed by atoms with Crippen molar-refractivity contribution < 1.29 is 19.5 Å². The highest BCUT2D eigenvalue weighted by atomic mass is 16.4. The number of nitrogens with two attached hydrogens (primary N) is 2. The van der Waals surface area contributed by atoms with Crippen LogP contribution >= 0.6 is 0 Å². The fourth-order valence-electron chi connectivity index (χ4n) is 3.36. The quantitative estimate of drug-likeness (QED) is 0.380. The monoisotopic (exact) mass is 415 g/mol. The summed E-state index contributed by atoms with van der Waals surface area (Å²) >= 11 is 0. The minimum atomic E-state index is -1.29. The number of hydrogen-bond donors (Lipinski definition) is 6. The first kappa shape index (κ1) is 23.1. The van der Waals surface area contributed by atoms with Crippen molar-refractivity contribution in [2.24, 2.45) is 11.5 Å². The molecule has 0 aliphatic heterocycles. The fourth-order valence-corrected chi connectivity index (χ4v) is 3.36. The van der Waals surface area contributed by atoms with Crippen LogP contribution in [-0.4, -0.2) is 34.2 Å². The predicted octanol–water partition coefficient (Wildman–Crippen LogP) is 2.45. The van der Waals surface area contributed by atoms with E-state index >= 15 is 0 Å². The Kier molecular flexibility index (Phi) is 7.01. The van der Waals surface area contributed by atoms with Crippen molar-refractivity contribution in [1.82, 2.24) is 10.3 Å². The number of carbonyl (C=O) groups is 3. The summed E-state index contributed by atoms with van der Waals surface area (Å²) in [6.07, 6.45) is -1.17. The molecule has 0 saturated carbocycles. The van der Waals surface area contributed by atoms with Gasteiger partial charge in [-0.25, -0.2) is 4.79 Å². The highest BCUT2D eigenvalue weighted by Gasteiger charge is 2.29. The Bertz CT molecular complexity index is 950. The van der Waals surface area contributed by atoms with Crippen LogP contribution in [0.5, 0.6) is 0 Å². The predicted molar refractivity (Wildman–Crippen MR) is 115 cm³/mol. The van der Waals surface area contributed by atoms with E-state index in [9.17, 15) is 19.5 Å². The van der Waals surface area contributed by atoms with Crippen LogP contribution in [0.25, 0.3) is 0 Å². The van der Waals surface area contributed by atoms with Gasteiger partial charge in [0.15, 0.2) is 0 Å². The van der Waals surface area contributed by atoms with E-state index in [2.05, 4.69) is 15.6 Å². The lowest BCUT2D eigenvalue weighted by atomic mass is 9.92. The largest absolute Gasteiger partial charge is 0.477 e. The van der Waals surface area contributed by atoms with Gasteiger partial charge in [-0.3, -0.25) is 21.1 Å². The third kappa shape index (κ3) is 4.69. The average Bonchev–Trinajstić information content (AvgIpc) is 2.98. The lowest BCUT2D eigenvalue weighted by Crippen LogP contribution is -2.48. The molecular weight excluding hydrogens is 386 g/mol. The molecule has 0 saturated heterocycles. The molecule has 9 heteroatoms. The second-order valence-electron chi connectivity index (χ2n) is 7.75. The number of carboxylic acids is 1. The van der Waals surface area contributed by atoms with Crippen molar-refractivity contribution in [2.45, 2.75) is 52.7 Å². The van der Waals surface area contributed by atoms with Gasteiger partial charge in [-0.15, -0.1) is 0 Å². The number of aromatic amines is 1. The van der Waals surface area contributed by atoms with Crippen molar-refractivity contribution in [2.75, 3.05) is 5.32 Å². The number of aromatic carboxylic acids is 1. The number of carboxylic acid groups (broad SMARTS) is 1. The SMILES string of the molecule is Cc1c(C(=O)O)[nH]c(C(=O)NC(N)N)c1C(=O)Nc1c(C(C)C)cccc1C(C)C. The topological polar surface area (TPSA) is 163 Å². The summed E-state index contributed by atoms with van der Waals surface area (Å²) < 4.78 is 0. The molecule has 1 heterocycles. The van der Waals surface area contributed by atoms with Crippen molar-refractivity contribution in [3.63, 3.8) is 0 Å². The molecule has 0 spiro atoms. The summed E-state index contributed by atoms with van der Waals surface area (Å²) in [7, 11) is 0. The minimum absolute atomic E-state index is 0.0705. The molecule has 0 fully saturated rings. The van der Waals surface area contributed by atoms with Gasteiger partial charge in [-0.05, 0) is 35.4 Å². The molecule has 1 aromatic heterocycles. The summed E-state index contributed by atoms with van der Waals surface area (Å²) in [6.45, 7) is 9.52. The maximum absolute atomic E-state index is 13.3. The number of H-pyrrole nitrogens is 1. The van der Waals surface area contributed by atoms with E-state index < -0.39 is 24.1 Å². The van der Waals surface area contributed by atoms with Crippen LogP contribution in [0.3, 0.4) is 0 Å². The molecule has 0 atom stereocenters. The first-order chi connectivity index (χ1) is 14.0. The number of anilines is 1. The Labute approximate surface area is 175 Å². The Morgan fingerprint density at radius 3 is 1.93 bits per heavy atom. The van der Waals surface area contributed by atoms with Crippen LogP contribution < -0.4 is 22.1 Å². The maximum Gasteiger partial charge on any atom is 0.352 e. The van der Waals surface area contributed by atoms with E-state index in [1.165, 1.54) is 6.92 Å². The lowest BCUT2D eigenvalue weighted by Gasteiger charge is -2.20. The van der Waals surface area contributed by atoms with Crippen molar-refractivity contribution in [3.8, 4) is 0 Å². The first-order valence-corrected chi connectivity index (χ1v) is 9.67. The van der Waals surface area contributed by atoms with Gasteiger partial charge >= 0.3 is 5.97 Å². The van der Waals surface area contributed by atoms with Crippen LogP contribution in [-0.2, 0) is 0 Å². The van der Waals surface area contributed by atoms with E-state index in [1.807, 2.05) is 45.9 Å². The van der Waals surface area contributed by atoms with Gasteiger partial charge in [0.05, 0.1) is 5.56 Å². The highest BCUT2D eigenvalue weighted by molar-refractivity contribution is 6.14. The molecule has 0 radical (unpaired) electrons. The Balaban J connectivity index is 2.60. The van der Waals surface area contributed by atoms with Crippen molar-refractivity contribution in [3.05, 3.63) is 51.8 Å². The number of aromatic nitrogens is 1. The summed E-state index contributed by atoms with van der Waals surface area (Å²) in [6, 6.07) is 5.80. The summed E-state index contributed by atoms with van der Waals surface area (Å²) in [5.74, 6) is -2.38. The number of benzene rings is 1. The third-order valence-electron chi connectivity index (χ3n) is 4.83. The molecule has 0 aliphatic carbocycles. The van der Waals surface area contributed by atoms with Crippen LogP contribution in [0.15, 0.2) is 18.2 Å². The molecule has 0 unspecified atom stereocenters. The molecule has 0 bridgehead atoms. The molecule has 2 rings (SSSR count). The van der Waals surface area contributed by atoms with E-state index in [1.54, 1.807) is 0 Å². The fraction of sp³-hybridized carbons (Fsp3) is 0.381. The van der Waals surface area contributed by atoms with E-state index in [-0.39, 0.29) is 34.4 Å². The third-order valence-corrected chi connectivity index (χ3v) is 4.83. The Morgan fingerprint density at radius 1 is 0.967 bits per heavy atom. The van der Waals surface area contributed by atoms with Gasteiger partial charge in [0, 0.05) is 5.69 Å². The summed E-state index contributed by atoms with van der Waals surface area (Å²) in [5, 5.41) is 14.6. The van der Waals surface area contributed by atoms with E-state index in [0.29, 0.717) is 5.69 Å². The molecule has 162 valence electrons. The normalized spacial score (nSPS) is 11.3. The molecule has 30 heavy (non-hydrogen) atoms. The molecule has 1 aromatic carbocycles. The first-order valence-electron chi connectivity index (χ1n) is 9.67. The van der Waals surface area contributed by atoms with Crippen molar-refractivity contribution in [1.29, 1.82) is 0 Å². The number of hydrogen-bond acceptors (Lipinski definition) is 5. The standard InChI is InChI=1S/C21H29N5O4/c1-9(2)12-7-6-8-13(10(3)4)16(12)25-18(27)14-11(5)15(20(29)30)24-17(14)19(28)26-21(22)23/h6-10,21,24H,22-23H2,1-5H3,(H,25,27)(H,26,28)(H,29,30). The van der Waals surface area contributed by atoms with E-state index in [0.717, 1.165) is 11.1 Å². The maximum atomic E-state index is 13.3. The zero-order valence-electron chi connectivity index (χ0n) is 17.8. The number of carbonyl (C=O) groups excluding carboxylic acids is 2. The molecule has 2 amide bonds. The molecule has 2 aromatic rings. The highest BCUT2D eigenvalue weighted by Crippen LogP contribution is 2.33. The van der Waals surface area contributed by atoms with E-state index in [4.69, 9.17) is 11.5 Å². The van der Waals surface area contributed by atoms with Gasteiger partial charge in [0.2, 0.25) is 0 Å². The van der Waals surface area contributed by atoms with Gasteiger partial charge in [0.25, 0.3) is 11.8 Å². The van der Waals surface area contributed by atoms with Gasteiger partial charge in [-0.1, -0.05) is 45.9 Å². The van der Waals surface area contributed by atoms with Gasteiger partial charge in [0.1, 0.15) is 17.7 Å². The smallest absolute Gasteiger partial charge is 0.352 e. The second-order valence-corrected chi connectivity index (χ2v) is 7.75. The number of amides is 2. The zero-order chi connectivity index (χ0) is 22.7. The molecular formula is C21H29N5O4.